The van der Waals surface area contributed by atoms with Crippen molar-refractivity contribution in [1.29, 1.82) is 0 Å². The van der Waals surface area contributed by atoms with Crippen molar-refractivity contribution in [2.24, 2.45) is 5.92 Å². The minimum absolute atomic E-state index is 0.0688. The quantitative estimate of drug-likeness (QED) is 0.321. The third-order valence-corrected chi connectivity index (χ3v) is 7.09. The summed E-state index contributed by atoms with van der Waals surface area (Å²) in [7, 11) is 0. The maximum absolute atomic E-state index is 13.5. The fourth-order valence-corrected chi connectivity index (χ4v) is 5.09. The zero-order chi connectivity index (χ0) is 26.7. The number of amides is 1. The Kier molecular flexibility index (Phi) is 8.02. The van der Waals surface area contributed by atoms with E-state index >= 15 is 0 Å². The zero-order valence-electron chi connectivity index (χ0n) is 21.3. The molecule has 0 N–H and O–H groups in total. The van der Waals surface area contributed by atoms with E-state index in [0.29, 0.717) is 37.3 Å². The van der Waals surface area contributed by atoms with Crippen molar-refractivity contribution in [3.05, 3.63) is 106 Å². The van der Waals surface area contributed by atoms with E-state index in [4.69, 9.17) is 0 Å². The molecule has 2 atom stereocenters. The van der Waals surface area contributed by atoms with E-state index in [1.54, 1.807) is 11.0 Å². The lowest BCUT2D eigenvalue weighted by Gasteiger charge is -2.32. The summed E-state index contributed by atoms with van der Waals surface area (Å²) in [6.45, 7) is 8.17. The first-order valence-electron chi connectivity index (χ1n) is 12.5. The van der Waals surface area contributed by atoms with Gasteiger partial charge in [0.25, 0.3) is 5.91 Å². The zero-order valence-corrected chi connectivity index (χ0v) is 21.3. The van der Waals surface area contributed by atoms with Crippen LogP contribution in [0.2, 0.25) is 0 Å². The van der Waals surface area contributed by atoms with Crippen LogP contribution in [0.5, 0.6) is 0 Å². The van der Waals surface area contributed by atoms with Crippen LogP contribution in [-0.2, 0) is 12.7 Å². The Morgan fingerprint density at radius 1 is 1.00 bits per heavy atom. The van der Waals surface area contributed by atoms with Crippen molar-refractivity contribution in [2.75, 3.05) is 19.6 Å². The first kappa shape index (κ1) is 26.9. The van der Waals surface area contributed by atoms with Gasteiger partial charge in [0.15, 0.2) is 0 Å². The number of hydrogen-bond donors (Lipinski definition) is 0. The molecule has 196 valence electrons. The van der Waals surface area contributed by atoms with Gasteiger partial charge in [-0.25, -0.2) is 4.39 Å². The Morgan fingerprint density at radius 3 is 2.30 bits per heavy atom. The van der Waals surface area contributed by atoms with E-state index in [9.17, 15) is 22.4 Å². The van der Waals surface area contributed by atoms with Gasteiger partial charge in [0.1, 0.15) is 5.82 Å². The number of benzene rings is 3. The van der Waals surface area contributed by atoms with Crippen LogP contribution in [0.15, 0.2) is 72.8 Å². The molecule has 0 aromatic heterocycles. The van der Waals surface area contributed by atoms with Gasteiger partial charge in [0.2, 0.25) is 0 Å². The van der Waals surface area contributed by atoms with Crippen LogP contribution in [0, 0.1) is 18.7 Å². The van der Waals surface area contributed by atoms with Gasteiger partial charge in [-0.1, -0.05) is 48.0 Å². The van der Waals surface area contributed by atoms with Gasteiger partial charge in [-0.3, -0.25) is 9.69 Å². The number of nitrogens with zero attached hydrogens (tertiary/aromatic N) is 2. The van der Waals surface area contributed by atoms with Crippen LogP contribution in [0.25, 0.3) is 0 Å². The van der Waals surface area contributed by atoms with Crippen LogP contribution < -0.4 is 0 Å². The monoisotopic (exact) mass is 512 g/mol. The average molecular weight is 513 g/mol. The minimum Gasteiger partial charge on any atom is -0.336 e. The topological polar surface area (TPSA) is 23.6 Å². The lowest BCUT2D eigenvalue weighted by molar-refractivity contribution is -0.137. The molecule has 1 heterocycles. The molecule has 1 saturated heterocycles. The van der Waals surface area contributed by atoms with Gasteiger partial charge in [0, 0.05) is 43.7 Å². The van der Waals surface area contributed by atoms with Gasteiger partial charge in [0.05, 0.1) is 5.56 Å². The first-order valence-corrected chi connectivity index (χ1v) is 12.5. The van der Waals surface area contributed by atoms with E-state index in [1.807, 2.05) is 20.8 Å². The van der Waals surface area contributed by atoms with E-state index in [0.717, 1.165) is 17.2 Å². The summed E-state index contributed by atoms with van der Waals surface area (Å²) < 4.78 is 53.9. The summed E-state index contributed by atoms with van der Waals surface area (Å²) in [5.41, 5.74) is 2.65. The number of likely N-dealkylation sites (tertiary alicyclic amines) is 1. The number of aryl methyl sites for hydroxylation is 1. The van der Waals surface area contributed by atoms with E-state index in [-0.39, 0.29) is 23.8 Å². The SMILES string of the molecule is Cc1ccc(CN2C[C@H](CN(C(=O)c3ccc(F)cc3)C(C)C)[C@@H](c3cccc(C(F)(F)F)c3)C2)cc1. The van der Waals surface area contributed by atoms with Crippen molar-refractivity contribution in [1.82, 2.24) is 9.80 Å². The Hall–Kier alpha value is -3.19. The second kappa shape index (κ2) is 11.1. The summed E-state index contributed by atoms with van der Waals surface area (Å²) in [5.74, 6) is -0.870. The molecule has 0 saturated carbocycles. The molecular formula is C30H32F4N2O. The molecule has 3 aromatic carbocycles. The van der Waals surface area contributed by atoms with Crippen molar-refractivity contribution < 1.29 is 22.4 Å². The summed E-state index contributed by atoms with van der Waals surface area (Å²) in [6, 6.07) is 19.1. The second-order valence-electron chi connectivity index (χ2n) is 10.2. The normalized spacial score (nSPS) is 18.4. The number of alkyl halides is 3. The third kappa shape index (κ3) is 6.58. The molecule has 1 aliphatic heterocycles. The highest BCUT2D eigenvalue weighted by atomic mass is 19.4. The van der Waals surface area contributed by atoms with E-state index < -0.39 is 17.6 Å². The maximum atomic E-state index is 13.5. The van der Waals surface area contributed by atoms with Gasteiger partial charge in [-0.05, 0) is 68.1 Å². The summed E-state index contributed by atoms with van der Waals surface area (Å²) in [4.78, 5) is 17.4. The predicted octanol–water partition coefficient (Wildman–Crippen LogP) is 6.92. The third-order valence-electron chi connectivity index (χ3n) is 7.09. The van der Waals surface area contributed by atoms with Gasteiger partial charge in [-0.15, -0.1) is 0 Å². The number of carbonyl (C=O) groups is 1. The highest BCUT2D eigenvalue weighted by Crippen LogP contribution is 2.37. The maximum Gasteiger partial charge on any atom is 0.416 e. The smallest absolute Gasteiger partial charge is 0.336 e. The number of hydrogen-bond acceptors (Lipinski definition) is 2. The molecule has 3 aromatic rings. The van der Waals surface area contributed by atoms with Crippen molar-refractivity contribution in [2.45, 2.75) is 45.5 Å². The summed E-state index contributed by atoms with van der Waals surface area (Å²) >= 11 is 0. The fraction of sp³-hybridized carbons (Fsp3) is 0.367. The average Bonchev–Trinajstić information content (AvgIpc) is 3.25. The Bertz CT molecular complexity index is 1210. The summed E-state index contributed by atoms with van der Waals surface area (Å²) in [6.07, 6.45) is -4.42. The molecule has 0 radical (unpaired) electrons. The highest BCUT2D eigenvalue weighted by molar-refractivity contribution is 5.94. The molecule has 1 aliphatic rings. The fourth-order valence-electron chi connectivity index (χ4n) is 5.09. The minimum atomic E-state index is -4.42. The molecule has 0 aliphatic carbocycles. The molecule has 0 spiro atoms. The van der Waals surface area contributed by atoms with Crippen LogP contribution in [0.3, 0.4) is 0 Å². The molecule has 37 heavy (non-hydrogen) atoms. The Labute approximate surface area is 215 Å². The van der Waals surface area contributed by atoms with Crippen molar-refractivity contribution >= 4 is 5.91 Å². The standard InChI is InChI=1S/C30H32F4N2O/c1-20(2)36(29(37)23-11-13-27(31)14-12-23)18-25-17-35(16-22-9-7-21(3)8-10-22)19-28(25)24-5-4-6-26(15-24)30(32,33)34/h4-15,20,25,28H,16-19H2,1-3H3/t25-,28-/m1/s1. The van der Waals surface area contributed by atoms with Crippen LogP contribution in [-0.4, -0.2) is 41.4 Å². The van der Waals surface area contributed by atoms with Gasteiger partial charge < -0.3 is 4.90 Å². The highest BCUT2D eigenvalue weighted by Gasteiger charge is 2.38. The van der Waals surface area contributed by atoms with Crippen molar-refractivity contribution in [3.8, 4) is 0 Å². The lowest BCUT2D eigenvalue weighted by Crippen LogP contribution is -2.42. The lowest BCUT2D eigenvalue weighted by atomic mass is 9.87. The number of halogens is 4. The largest absolute Gasteiger partial charge is 0.416 e. The predicted molar refractivity (Wildman–Crippen MR) is 137 cm³/mol. The van der Waals surface area contributed by atoms with Gasteiger partial charge in [-0.2, -0.15) is 13.2 Å². The molecule has 1 amide bonds. The molecule has 0 unspecified atom stereocenters. The number of rotatable bonds is 7. The van der Waals surface area contributed by atoms with Gasteiger partial charge >= 0.3 is 6.18 Å². The Morgan fingerprint density at radius 2 is 1.68 bits per heavy atom. The first-order chi connectivity index (χ1) is 17.5. The molecule has 4 rings (SSSR count). The molecule has 3 nitrogen and oxygen atoms in total. The molecule has 7 heteroatoms. The second-order valence-corrected chi connectivity index (χ2v) is 10.2. The van der Waals surface area contributed by atoms with Crippen molar-refractivity contribution in [3.63, 3.8) is 0 Å². The van der Waals surface area contributed by atoms with Crippen LogP contribution in [0.4, 0.5) is 17.6 Å². The Balaban J connectivity index is 1.62. The molecule has 1 fully saturated rings. The van der Waals surface area contributed by atoms with E-state index in [2.05, 4.69) is 29.2 Å². The van der Waals surface area contributed by atoms with E-state index in [1.165, 1.54) is 36.4 Å². The van der Waals surface area contributed by atoms with Crippen LogP contribution in [0.1, 0.15) is 52.4 Å². The molecular weight excluding hydrogens is 480 g/mol. The molecule has 0 bridgehead atoms. The summed E-state index contributed by atoms with van der Waals surface area (Å²) in [5, 5.41) is 0. The van der Waals surface area contributed by atoms with Crippen LogP contribution >= 0.6 is 0 Å². The number of carbonyl (C=O) groups excluding carboxylic acids is 1.